The average molecular weight is 924 g/mol. The largest absolute Gasteiger partial charge is 0.462 e. The third-order valence-corrected chi connectivity index (χ3v) is 12.8. The maximum absolute atomic E-state index is 12.3. The van der Waals surface area contributed by atoms with Crippen molar-refractivity contribution in [2.45, 2.75) is 302 Å². The van der Waals surface area contributed by atoms with Crippen molar-refractivity contribution in [1.29, 1.82) is 0 Å². The van der Waals surface area contributed by atoms with E-state index in [1.807, 2.05) is 0 Å². The molecular weight excluding hydrogens is 813 g/mol. The molecule has 0 aromatic carbocycles. The molecule has 0 amide bonds. The summed E-state index contributed by atoms with van der Waals surface area (Å²) < 4.78 is 10.7. The number of hydrogen-bond acceptors (Lipinski definition) is 5. The van der Waals surface area contributed by atoms with E-state index < -0.39 is 6.10 Å². The number of aliphatic hydroxyl groups excluding tert-OH is 1. The molecule has 0 aromatic rings. The third-order valence-electron chi connectivity index (χ3n) is 12.8. The quantitative estimate of drug-likeness (QED) is 0.0374. The Hall–Kier alpha value is -2.40. The zero-order valence-corrected chi connectivity index (χ0v) is 44.0. The maximum atomic E-state index is 12.3. The van der Waals surface area contributed by atoms with Gasteiger partial charge in [-0.1, -0.05) is 261 Å². The Morgan fingerprint density at radius 2 is 0.606 bits per heavy atom. The van der Waals surface area contributed by atoms with Gasteiger partial charge in [0, 0.05) is 12.8 Å². The molecule has 384 valence electrons. The Balaban J connectivity index is 3.47. The van der Waals surface area contributed by atoms with Crippen LogP contribution in [0.5, 0.6) is 0 Å². The lowest BCUT2D eigenvalue weighted by Crippen LogP contribution is -2.28. The van der Waals surface area contributed by atoms with Crippen molar-refractivity contribution in [2.75, 3.05) is 13.2 Å². The number of unbranched alkanes of at least 4 members (excludes halogenated alkanes) is 35. The number of ether oxygens (including phenoxy) is 2. The Labute approximate surface area is 411 Å². The fourth-order valence-corrected chi connectivity index (χ4v) is 8.42. The summed E-state index contributed by atoms with van der Waals surface area (Å²) in [6.07, 6.45) is 76.3. The molecule has 0 aliphatic rings. The molecule has 0 aliphatic carbocycles. The van der Waals surface area contributed by atoms with Gasteiger partial charge in [-0.05, 0) is 83.5 Å². The number of esters is 2. The van der Waals surface area contributed by atoms with Crippen LogP contribution in [-0.4, -0.2) is 36.4 Å². The van der Waals surface area contributed by atoms with Gasteiger partial charge < -0.3 is 14.6 Å². The van der Waals surface area contributed by atoms with Gasteiger partial charge in [0.25, 0.3) is 0 Å². The van der Waals surface area contributed by atoms with Gasteiger partial charge in [-0.3, -0.25) is 9.59 Å². The van der Waals surface area contributed by atoms with E-state index in [0.29, 0.717) is 12.8 Å². The molecule has 0 aromatic heterocycles. The average Bonchev–Trinajstić information content (AvgIpc) is 3.32. The van der Waals surface area contributed by atoms with Gasteiger partial charge in [0.2, 0.25) is 0 Å². The lowest BCUT2D eigenvalue weighted by molar-refractivity contribution is -0.161. The predicted molar refractivity (Wildman–Crippen MR) is 288 cm³/mol. The second-order valence-corrected chi connectivity index (χ2v) is 19.4. The molecule has 5 nitrogen and oxygen atoms in total. The topological polar surface area (TPSA) is 72.8 Å². The van der Waals surface area contributed by atoms with Gasteiger partial charge in [0.1, 0.15) is 6.61 Å². The zero-order chi connectivity index (χ0) is 47.7. The molecular formula is C61H110O5. The number of carbonyl (C=O) groups is 2. The molecule has 1 unspecified atom stereocenters. The lowest BCUT2D eigenvalue weighted by Gasteiger charge is -2.15. The Morgan fingerprint density at radius 1 is 0.348 bits per heavy atom. The van der Waals surface area contributed by atoms with Crippen molar-refractivity contribution in [3.8, 4) is 0 Å². The van der Waals surface area contributed by atoms with Gasteiger partial charge >= 0.3 is 11.9 Å². The molecule has 5 heteroatoms. The first-order chi connectivity index (χ1) is 32.6. The summed E-state index contributed by atoms with van der Waals surface area (Å²) in [5, 5.41) is 9.65. The summed E-state index contributed by atoms with van der Waals surface area (Å²) in [5.74, 6) is -0.595. The molecule has 1 N–H and O–H groups in total. The van der Waals surface area contributed by atoms with E-state index in [4.69, 9.17) is 9.47 Å². The molecule has 0 fully saturated rings. The van der Waals surface area contributed by atoms with E-state index in [2.05, 4.69) is 74.6 Å². The second-order valence-electron chi connectivity index (χ2n) is 19.4. The fraction of sp³-hybridized carbons (Fsp3) is 0.803. The number of hydrogen-bond donors (Lipinski definition) is 1. The number of allylic oxidation sites excluding steroid dienone is 10. The summed E-state index contributed by atoms with van der Waals surface area (Å²) in [4.78, 5) is 24.5. The van der Waals surface area contributed by atoms with Crippen LogP contribution < -0.4 is 0 Å². The van der Waals surface area contributed by atoms with Gasteiger partial charge in [-0.15, -0.1) is 0 Å². The molecule has 0 spiro atoms. The van der Waals surface area contributed by atoms with Crippen molar-refractivity contribution < 1.29 is 24.2 Å². The second kappa shape index (κ2) is 56.9. The highest BCUT2D eigenvalue weighted by Crippen LogP contribution is 2.16. The Morgan fingerprint density at radius 3 is 0.909 bits per heavy atom. The first kappa shape index (κ1) is 63.6. The molecule has 0 bridgehead atoms. The molecule has 66 heavy (non-hydrogen) atoms. The van der Waals surface area contributed by atoms with Crippen LogP contribution in [0.1, 0.15) is 296 Å². The smallest absolute Gasteiger partial charge is 0.306 e. The zero-order valence-electron chi connectivity index (χ0n) is 44.0. The number of rotatable bonds is 53. The van der Waals surface area contributed by atoms with Crippen molar-refractivity contribution in [3.05, 3.63) is 60.8 Å². The Bertz CT molecular complexity index is 1130. The molecule has 1 atom stereocenters. The van der Waals surface area contributed by atoms with E-state index in [1.165, 1.54) is 205 Å². The van der Waals surface area contributed by atoms with E-state index in [-0.39, 0.29) is 25.2 Å². The van der Waals surface area contributed by atoms with Crippen LogP contribution in [0, 0.1) is 0 Å². The SMILES string of the molecule is CCCCCCC/C=C\C/C=C\C/C=C\CCCCCCCCC(=O)OC(CO)COC(=O)CCCCCCCCCCCCCCCCCCCCC/C=C\C/C=C\CCCCCCC. The molecule has 0 heterocycles. The summed E-state index contributed by atoms with van der Waals surface area (Å²) in [5.41, 5.74) is 0. The van der Waals surface area contributed by atoms with Gasteiger partial charge in [0.05, 0.1) is 6.61 Å². The van der Waals surface area contributed by atoms with Gasteiger partial charge in [-0.25, -0.2) is 0 Å². The molecule has 0 radical (unpaired) electrons. The van der Waals surface area contributed by atoms with Crippen molar-refractivity contribution in [1.82, 2.24) is 0 Å². The minimum Gasteiger partial charge on any atom is -0.462 e. The number of carbonyl (C=O) groups excluding carboxylic acids is 2. The van der Waals surface area contributed by atoms with Gasteiger partial charge in [0.15, 0.2) is 6.10 Å². The van der Waals surface area contributed by atoms with Crippen LogP contribution in [-0.2, 0) is 19.1 Å². The normalized spacial score (nSPS) is 12.6. The standard InChI is InChI=1S/C61H110O5/c1-3-5-7-9-11-13-15-17-19-21-23-25-26-27-28-29-30-31-32-33-34-36-37-39-41-43-45-47-49-51-53-55-60(63)65-58-59(57-62)66-61(64)56-54-52-50-48-46-44-42-40-38-35-24-22-20-18-16-14-12-10-8-6-4-2/h15-18,21-24,38,40,59,62H,3-14,19-20,25-37,39,41-58H2,1-2H3/b17-15-,18-16-,23-21-,24-22-,40-38-. The third kappa shape index (κ3) is 54.2. The van der Waals surface area contributed by atoms with Crippen LogP contribution in [0.15, 0.2) is 60.8 Å². The molecule has 0 saturated heterocycles. The van der Waals surface area contributed by atoms with Crippen molar-refractivity contribution >= 4 is 11.9 Å². The number of aliphatic hydroxyl groups is 1. The first-order valence-corrected chi connectivity index (χ1v) is 28.8. The monoisotopic (exact) mass is 923 g/mol. The maximum Gasteiger partial charge on any atom is 0.306 e. The van der Waals surface area contributed by atoms with Crippen LogP contribution in [0.25, 0.3) is 0 Å². The molecule has 0 rings (SSSR count). The van der Waals surface area contributed by atoms with Crippen LogP contribution in [0.4, 0.5) is 0 Å². The van der Waals surface area contributed by atoms with Crippen LogP contribution >= 0.6 is 0 Å². The van der Waals surface area contributed by atoms with E-state index in [0.717, 1.165) is 64.2 Å². The summed E-state index contributed by atoms with van der Waals surface area (Å²) in [6.45, 7) is 4.14. The van der Waals surface area contributed by atoms with Crippen molar-refractivity contribution in [2.24, 2.45) is 0 Å². The minimum atomic E-state index is -0.780. The highest BCUT2D eigenvalue weighted by Gasteiger charge is 2.16. The summed E-state index contributed by atoms with van der Waals surface area (Å²) in [6, 6.07) is 0. The van der Waals surface area contributed by atoms with Crippen LogP contribution in [0.2, 0.25) is 0 Å². The summed E-state index contributed by atoms with van der Waals surface area (Å²) >= 11 is 0. The van der Waals surface area contributed by atoms with Crippen molar-refractivity contribution in [3.63, 3.8) is 0 Å². The van der Waals surface area contributed by atoms with E-state index >= 15 is 0 Å². The summed E-state index contributed by atoms with van der Waals surface area (Å²) in [7, 11) is 0. The molecule has 0 saturated carbocycles. The van der Waals surface area contributed by atoms with Crippen LogP contribution in [0.3, 0.4) is 0 Å². The minimum absolute atomic E-state index is 0.0702. The lowest BCUT2D eigenvalue weighted by atomic mass is 10.0. The fourth-order valence-electron chi connectivity index (χ4n) is 8.42. The molecule has 0 aliphatic heterocycles. The van der Waals surface area contributed by atoms with E-state index in [9.17, 15) is 14.7 Å². The van der Waals surface area contributed by atoms with E-state index in [1.54, 1.807) is 0 Å². The van der Waals surface area contributed by atoms with Gasteiger partial charge in [-0.2, -0.15) is 0 Å². The predicted octanol–water partition coefficient (Wildman–Crippen LogP) is 19.4. The first-order valence-electron chi connectivity index (χ1n) is 28.8. The Kier molecular flexibility index (Phi) is 54.9. The highest BCUT2D eigenvalue weighted by molar-refractivity contribution is 5.70. The highest BCUT2D eigenvalue weighted by atomic mass is 16.6.